The van der Waals surface area contributed by atoms with Gasteiger partial charge in [-0.05, 0) is 111 Å². The van der Waals surface area contributed by atoms with Crippen molar-refractivity contribution in [1.82, 2.24) is 0 Å². The van der Waals surface area contributed by atoms with Gasteiger partial charge >= 0.3 is 5.97 Å². The molecule has 0 amide bonds. The molecular weight excluding hydrogens is 364 g/mol. The Hall–Kier alpha value is -0.610. The fourth-order valence-corrected chi connectivity index (χ4v) is 8.95. The summed E-state index contributed by atoms with van der Waals surface area (Å²) in [6.07, 6.45) is 10.4. The lowest BCUT2D eigenvalue weighted by Gasteiger charge is -2.62. The highest BCUT2D eigenvalue weighted by molar-refractivity contribution is 5.66. The first-order valence-electron chi connectivity index (χ1n) is 12.2. The molecule has 0 radical (unpaired) electrons. The van der Waals surface area contributed by atoms with Crippen molar-refractivity contribution in [1.29, 1.82) is 0 Å². The number of hydrogen-bond donors (Lipinski definition) is 3. The van der Waals surface area contributed by atoms with E-state index in [9.17, 15) is 15.0 Å². The summed E-state index contributed by atoms with van der Waals surface area (Å²) in [5.74, 6) is 2.64. The molecule has 4 fully saturated rings. The second-order valence-corrected chi connectivity index (χ2v) is 11.7. The van der Waals surface area contributed by atoms with Crippen LogP contribution in [0.3, 0.4) is 0 Å². The Kier molecular flexibility index (Phi) is 5.83. The molecule has 4 nitrogen and oxygen atoms in total. The average molecular weight is 407 g/mol. The van der Waals surface area contributed by atoms with Gasteiger partial charge in [0.15, 0.2) is 0 Å². The lowest BCUT2D eigenvalue weighted by Crippen LogP contribution is -2.58. The maximum Gasteiger partial charge on any atom is 0.303 e. The van der Waals surface area contributed by atoms with Crippen LogP contribution in [0, 0.1) is 46.3 Å². The Balaban J connectivity index is 1.51. The van der Waals surface area contributed by atoms with Crippen LogP contribution in [0.2, 0.25) is 0 Å². The van der Waals surface area contributed by atoms with Gasteiger partial charge in [-0.1, -0.05) is 20.8 Å². The van der Waals surface area contributed by atoms with Gasteiger partial charge in [0.2, 0.25) is 0 Å². The molecule has 4 rings (SSSR count). The molecule has 3 N–H and O–H groups in total. The number of carboxylic acids is 1. The highest BCUT2D eigenvalue weighted by Crippen LogP contribution is 2.68. The van der Waals surface area contributed by atoms with Gasteiger partial charge in [0.1, 0.15) is 0 Å². The summed E-state index contributed by atoms with van der Waals surface area (Å²) in [6, 6.07) is 0. The quantitative estimate of drug-likeness (QED) is 0.609. The van der Waals surface area contributed by atoms with Gasteiger partial charge in [-0.25, -0.2) is 0 Å². The molecule has 0 aliphatic heterocycles. The summed E-state index contributed by atoms with van der Waals surface area (Å²) in [7, 11) is 0. The molecule has 0 aromatic heterocycles. The molecule has 29 heavy (non-hydrogen) atoms. The molecule has 0 spiro atoms. The first-order valence-corrected chi connectivity index (χ1v) is 12.2. The van der Waals surface area contributed by atoms with Gasteiger partial charge in [-0.2, -0.15) is 0 Å². The summed E-state index contributed by atoms with van der Waals surface area (Å²) >= 11 is 0. The van der Waals surface area contributed by atoms with Gasteiger partial charge in [0, 0.05) is 6.42 Å². The third-order valence-corrected chi connectivity index (χ3v) is 10.5. The molecule has 166 valence electrons. The molecule has 0 saturated heterocycles. The Morgan fingerprint density at radius 2 is 1.69 bits per heavy atom. The van der Waals surface area contributed by atoms with E-state index in [1.54, 1.807) is 0 Å². The lowest BCUT2D eigenvalue weighted by atomic mass is 9.43. The van der Waals surface area contributed by atoms with Gasteiger partial charge < -0.3 is 15.3 Å². The van der Waals surface area contributed by atoms with Gasteiger partial charge in [-0.3, -0.25) is 4.79 Å². The number of hydrogen-bond acceptors (Lipinski definition) is 3. The minimum absolute atomic E-state index is 0.173. The lowest BCUT2D eigenvalue weighted by molar-refractivity contribution is -0.174. The summed E-state index contributed by atoms with van der Waals surface area (Å²) in [4.78, 5) is 10.9. The van der Waals surface area contributed by atoms with Crippen LogP contribution in [0.25, 0.3) is 0 Å². The van der Waals surface area contributed by atoms with Crippen LogP contribution in [-0.2, 0) is 4.79 Å². The second kappa shape index (κ2) is 7.82. The smallest absolute Gasteiger partial charge is 0.303 e. The standard InChI is InChI=1S/C25H42O4/c1-15(5-4-6-22(28)29)18-7-8-19-23-20(10-12-25(18,19)3)24(2)11-9-17(26)13-16(24)14-21(23)27/h15-21,23,26-27H,4-14H2,1-3H3,(H,28,29)/t15-,16+,17+,18-,19+,20+,21+,23+,24+,25-/m1/s1. The Morgan fingerprint density at radius 3 is 2.41 bits per heavy atom. The first-order chi connectivity index (χ1) is 13.7. The summed E-state index contributed by atoms with van der Waals surface area (Å²) < 4.78 is 0. The number of carboxylic acid groups (broad SMARTS) is 1. The maximum absolute atomic E-state index is 11.3. The van der Waals surface area contributed by atoms with E-state index in [0.29, 0.717) is 40.9 Å². The van der Waals surface area contributed by atoms with Gasteiger partial charge in [0.25, 0.3) is 0 Å². The fourth-order valence-electron chi connectivity index (χ4n) is 8.95. The minimum Gasteiger partial charge on any atom is -0.481 e. The van der Waals surface area contributed by atoms with Crippen molar-refractivity contribution in [2.45, 2.75) is 104 Å². The summed E-state index contributed by atoms with van der Waals surface area (Å²) in [5, 5.41) is 30.5. The van der Waals surface area contributed by atoms with Crippen LogP contribution >= 0.6 is 0 Å². The number of aliphatic hydroxyl groups is 2. The minimum atomic E-state index is -0.682. The molecule has 0 aromatic rings. The molecule has 0 bridgehead atoms. The van der Waals surface area contributed by atoms with Gasteiger partial charge in [-0.15, -0.1) is 0 Å². The average Bonchev–Trinajstić information content (AvgIpc) is 3.00. The van der Waals surface area contributed by atoms with Crippen molar-refractivity contribution in [3.8, 4) is 0 Å². The Labute approximate surface area is 176 Å². The number of fused-ring (bicyclic) bond motifs is 5. The molecule has 10 atom stereocenters. The van der Waals surface area contributed by atoms with Crippen LogP contribution in [0.1, 0.15) is 91.4 Å². The normalized spacial score (nSPS) is 50.3. The van der Waals surface area contributed by atoms with Crippen molar-refractivity contribution in [3.05, 3.63) is 0 Å². The van der Waals surface area contributed by atoms with E-state index in [1.165, 1.54) is 25.7 Å². The third kappa shape index (κ3) is 3.56. The highest BCUT2D eigenvalue weighted by Gasteiger charge is 2.62. The largest absolute Gasteiger partial charge is 0.481 e. The van der Waals surface area contributed by atoms with E-state index in [4.69, 9.17) is 5.11 Å². The monoisotopic (exact) mass is 406 g/mol. The van der Waals surface area contributed by atoms with E-state index >= 15 is 0 Å². The zero-order chi connectivity index (χ0) is 21.0. The predicted octanol–water partition coefficient (Wildman–Crippen LogP) is 4.87. The zero-order valence-corrected chi connectivity index (χ0v) is 18.6. The van der Waals surface area contributed by atoms with E-state index in [1.807, 2.05) is 0 Å². The molecule has 0 aromatic carbocycles. The molecule has 4 saturated carbocycles. The summed E-state index contributed by atoms with van der Waals surface area (Å²) in [6.45, 7) is 7.30. The van der Waals surface area contributed by atoms with E-state index in [0.717, 1.165) is 38.5 Å². The first kappa shape index (κ1) is 21.6. The van der Waals surface area contributed by atoms with Gasteiger partial charge in [0.05, 0.1) is 12.2 Å². The molecule has 4 heteroatoms. The Bertz CT molecular complexity index is 620. The number of rotatable bonds is 5. The van der Waals surface area contributed by atoms with Crippen LogP contribution in [0.4, 0.5) is 0 Å². The molecule has 0 unspecified atom stereocenters. The zero-order valence-electron chi connectivity index (χ0n) is 18.6. The van der Waals surface area contributed by atoms with Crippen LogP contribution < -0.4 is 0 Å². The van der Waals surface area contributed by atoms with Crippen molar-refractivity contribution in [2.75, 3.05) is 0 Å². The number of aliphatic hydroxyl groups excluding tert-OH is 2. The van der Waals surface area contributed by atoms with Crippen molar-refractivity contribution in [3.63, 3.8) is 0 Å². The van der Waals surface area contributed by atoms with Crippen molar-refractivity contribution >= 4 is 5.97 Å². The van der Waals surface area contributed by atoms with Crippen molar-refractivity contribution in [2.24, 2.45) is 46.3 Å². The highest BCUT2D eigenvalue weighted by atomic mass is 16.4. The second-order valence-electron chi connectivity index (χ2n) is 11.7. The van der Waals surface area contributed by atoms with Crippen LogP contribution in [-0.4, -0.2) is 33.5 Å². The summed E-state index contributed by atoms with van der Waals surface area (Å²) in [5.41, 5.74) is 0.581. The van der Waals surface area contributed by atoms with Crippen molar-refractivity contribution < 1.29 is 20.1 Å². The number of carbonyl (C=O) groups is 1. The molecule has 0 heterocycles. The molecular formula is C25H42O4. The van der Waals surface area contributed by atoms with E-state index < -0.39 is 5.97 Å². The fraction of sp³-hybridized carbons (Fsp3) is 0.960. The van der Waals surface area contributed by atoms with Crippen LogP contribution in [0.5, 0.6) is 0 Å². The number of aliphatic carboxylic acids is 1. The third-order valence-electron chi connectivity index (χ3n) is 10.5. The maximum atomic E-state index is 11.3. The van der Waals surface area contributed by atoms with E-state index in [2.05, 4.69) is 20.8 Å². The van der Waals surface area contributed by atoms with E-state index in [-0.39, 0.29) is 24.0 Å². The molecule has 4 aliphatic rings. The topological polar surface area (TPSA) is 77.8 Å². The van der Waals surface area contributed by atoms with Crippen LogP contribution in [0.15, 0.2) is 0 Å². The SMILES string of the molecule is C[C@H](CCCC(=O)O)[C@H]1CC[C@H]2[C@@H]3[C@@H](O)C[C@@H]4C[C@@H](O)CC[C@]4(C)[C@H]3CC[C@]12C. The molecule has 4 aliphatic carbocycles. The Morgan fingerprint density at radius 1 is 1.00 bits per heavy atom. The predicted molar refractivity (Wildman–Crippen MR) is 113 cm³/mol.